The molecular formula is C21H26FN3O4S. The predicted octanol–water partition coefficient (Wildman–Crippen LogP) is 2.56. The van der Waals surface area contributed by atoms with E-state index >= 15 is 0 Å². The van der Waals surface area contributed by atoms with E-state index in [1.54, 1.807) is 26.0 Å². The lowest BCUT2D eigenvalue weighted by Gasteiger charge is -2.31. The van der Waals surface area contributed by atoms with Crippen molar-refractivity contribution in [2.24, 2.45) is 0 Å². The van der Waals surface area contributed by atoms with Crippen LogP contribution in [0.5, 0.6) is 5.75 Å². The van der Waals surface area contributed by atoms with Crippen LogP contribution >= 0.6 is 0 Å². The van der Waals surface area contributed by atoms with Crippen molar-refractivity contribution in [1.82, 2.24) is 9.21 Å². The summed E-state index contributed by atoms with van der Waals surface area (Å²) in [4.78, 5) is 14.9. The van der Waals surface area contributed by atoms with Gasteiger partial charge in [-0.05, 0) is 69.4 Å². The van der Waals surface area contributed by atoms with Crippen molar-refractivity contribution in [2.45, 2.75) is 24.3 Å². The van der Waals surface area contributed by atoms with Crippen LogP contribution in [0.1, 0.15) is 13.8 Å². The van der Waals surface area contributed by atoms with Crippen LogP contribution < -0.4 is 10.1 Å². The number of likely N-dealkylation sites (N-methyl/N-ethyl adjacent to an activating group) is 1. The molecule has 0 spiro atoms. The summed E-state index contributed by atoms with van der Waals surface area (Å²) >= 11 is 0. The lowest BCUT2D eigenvalue weighted by Crippen LogP contribution is -2.47. The lowest BCUT2D eigenvalue weighted by molar-refractivity contribution is -0.128. The molecule has 3 rings (SSSR count). The molecule has 1 fully saturated rings. The third-order valence-corrected chi connectivity index (χ3v) is 6.86. The molecule has 162 valence electrons. The number of ether oxygens (including phenoxy) is 1. The molecule has 0 bridgehead atoms. The van der Waals surface area contributed by atoms with Crippen LogP contribution in [-0.4, -0.2) is 62.4 Å². The number of hydrogen-bond acceptors (Lipinski definition) is 5. The van der Waals surface area contributed by atoms with Gasteiger partial charge in [0.05, 0.1) is 4.90 Å². The molecule has 0 unspecified atom stereocenters. The Morgan fingerprint density at radius 2 is 1.57 bits per heavy atom. The van der Waals surface area contributed by atoms with E-state index in [1.165, 1.54) is 40.7 Å². The standard InChI is InChI=1S/C21H26FN3O4S/c1-21(2,29-18-8-4-16(22)5-9-18)20(26)23-17-6-10-19(11-7-17)30(27,28)25-14-12-24(3)13-15-25/h4-11H,12-15H2,1-3H3,(H,23,26). The monoisotopic (exact) mass is 435 g/mol. The van der Waals surface area contributed by atoms with Crippen LogP contribution in [0, 0.1) is 5.82 Å². The zero-order chi connectivity index (χ0) is 21.9. The summed E-state index contributed by atoms with van der Waals surface area (Å²) < 4.78 is 45.8. The molecule has 1 aliphatic rings. The maximum absolute atomic E-state index is 13.0. The Morgan fingerprint density at radius 1 is 1.00 bits per heavy atom. The van der Waals surface area contributed by atoms with Crippen molar-refractivity contribution in [3.8, 4) is 5.75 Å². The highest BCUT2D eigenvalue weighted by molar-refractivity contribution is 7.89. The Balaban J connectivity index is 1.65. The topological polar surface area (TPSA) is 79.0 Å². The summed E-state index contributed by atoms with van der Waals surface area (Å²) in [7, 11) is -1.60. The number of nitrogens with zero attached hydrogens (tertiary/aromatic N) is 2. The molecule has 9 heteroatoms. The van der Waals surface area contributed by atoms with E-state index in [0.29, 0.717) is 37.6 Å². The van der Waals surface area contributed by atoms with E-state index in [4.69, 9.17) is 4.74 Å². The second-order valence-electron chi connectivity index (χ2n) is 7.75. The summed E-state index contributed by atoms with van der Waals surface area (Å²) in [6, 6.07) is 11.5. The summed E-state index contributed by atoms with van der Waals surface area (Å²) in [6.07, 6.45) is 0. The molecule has 1 N–H and O–H groups in total. The van der Waals surface area contributed by atoms with Crippen molar-refractivity contribution >= 4 is 21.6 Å². The van der Waals surface area contributed by atoms with Gasteiger partial charge in [0, 0.05) is 31.9 Å². The normalized spacial score (nSPS) is 16.3. The van der Waals surface area contributed by atoms with E-state index in [2.05, 4.69) is 10.2 Å². The Labute approximate surface area is 176 Å². The SMILES string of the molecule is CN1CCN(S(=O)(=O)c2ccc(NC(=O)C(C)(C)Oc3ccc(F)cc3)cc2)CC1. The minimum absolute atomic E-state index is 0.187. The van der Waals surface area contributed by atoms with Crippen molar-refractivity contribution in [3.05, 3.63) is 54.3 Å². The Bertz CT molecular complexity index is 984. The number of amides is 1. The number of piperazine rings is 1. The minimum Gasteiger partial charge on any atom is -0.478 e. The van der Waals surface area contributed by atoms with Gasteiger partial charge in [-0.3, -0.25) is 4.79 Å². The molecule has 7 nitrogen and oxygen atoms in total. The van der Waals surface area contributed by atoms with Gasteiger partial charge < -0.3 is 15.0 Å². The molecule has 0 radical (unpaired) electrons. The van der Waals surface area contributed by atoms with E-state index in [9.17, 15) is 17.6 Å². The van der Waals surface area contributed by atoms with E-state index in [-0.39, 0.29) is 4.90 Å². The maximum atomic E-state index is 13.0. The molecular weight excluding hydrogens is 409 g/mol. The van der Waals surface area contributed by atoms with Crippen molar-refractivity contribution in [1.29, 1.82) is 0 Å². The molecule has 2 aromatic carbocycles. The van der Waals surface area contributed by atoms with Crippen LogP contribution in [0.25, 0.3) is 0 Å². The second-order valence-corrected chi connectivity index (χ2v) is 9.69. The van der Waals surface area contributed by atoms with Gasteiger partial charge in [-0.2, -0.15) is 4.31 Å². The summed E-state index contributed by atoms with van der Waals surface area (Å²) in [5, 5.41) is 2.72. The first-order valence-corrected chi connectivity index (χ1v) is 11.1. The third kappa shape index (κ3) is 5.16. The molecule has 0 aromatic heterocycles. The minimum atomic E-state index is -3.56. The quantitative estimate of drug-likeness (QED) is 0.755. The van der Waals surface area contributed by atoms with Crippen molar-refractivity contribution < 1.29 is 22.3 Å². The first-order chi connectivity index (χ1) is 14.1. The molecule has 0 aliphatic carbocycles. The van der Waals surface area contributed by atoms with Gasteiger partial charge >= 0.3 is 0 Å². The van der Waals surface area contributed by atoms with Crippen molar-refractivity contribution in [2.75, 3.05) is 38.5 Å². The zero-order valence-electron chi connectivity index (χ0n) is 17.3. The average Bonchev–Trinajstić information content (AvgIpc) is 2.70. The molecule has 1 aliphatic heterocycles. The number of carbonyl (C=O) groups excluding carboxylic acids is 1. The molecule has 2 aromatic rings. The Kier molecular flexibility index (Phi) is 6.44. The summed E-state index contributed by atoms with van der Waals surface area (Å²) in [5.41, 5.74) is -0.768. The summed E-state index contributed by atoms with van der Waals surface area (Å²) in [6.45, 7) is 5.47. The van der Waals surface area contributed by atoms with E-state index < -0.39 is 27.3 Å². The predicted molar refractivity (Wildman–Crippen MR) is 112 cm³/mol. The molecule has 0 saturated carbocycles. The lowest BCUT2D eigenvalue weighted by atomic mass is 10.1. The number of rotatable bonds is 6. The van der Waals surface area contributed by atoms with Gasteiger partial charge in [0.1, 0.15) is 11.6 Å². The fourth-order valence-corrected chi connectivity index (χ4v) is 4.44. The molecule has 1 saturated heterocycles. The fourth-order valence-electron chi connectivity index (χ4n) is 3.01. The van der Waals surface area contributed by atoms with Crippen molar-refractivity contribution in [3.63, 3.8) is 0 Å². The molecule has 1 heterocycles. The maximum Gasteiger partial charge on any atom is 0.267 e. The largest absolute Gasteiger partial charge is 0.478 e. The Hall–Kier alpha value is -2.49. The molecule has 30 heavy (non-hydrogen) atoms. The van der Waals surface area contributed by atoms with Gasteiger partial charge in [0.25, 0.3) is 5.91 Å². The first kappa shape index (κ1) is 22.2. The Morgan fingerprint density at radius 3 is 2.13 bits per heavy atom. The van der Waals surface area contributed by atoms with Crippen LogP contribution in [0.15, 0.2) is 53.4 Å². The molecule has 0 atom stereocenters. The number of hydrogen-bond donors (Lipinski definition) is 1. The smallest absolute Gasteiger partial charge is 0.267 e. The highest BCUT2D eigenvalue weighted by Crippen LogP contribution is 2.23. The first-order valence-electron chi connectivity index (χ1n) is 9.63. The number of anilines is 1. The van der Waals surface area contributed by atoms with Crippen LogP contribution in [0.3, 0.4) is 0 Å². The van der Waals surface area contributed by atoms with Gasteiger partial charge in [-0.15, -0.1) is 0 Å². The highest BCUT2D eigenvalue weighted by Gasteiger charge is 2.31. The average molecular weight is 436 g/mol. The fraction of sp³-hybridized carbons (Fsp3) is 0.381. The molecule has 1 amide bonds. The van der Waals surface area contributed by atoms with Gasteiger partial charge in [-0.25, -0.2) is 12.8 Å². The van der Waals surface area contributed by atoms with E-state index in [1.807, 2.05) is 7.05 Å². The highest BCUT2D eigenvalue weighted by atomic mass is 32.2. The van der Waals surface area contributed by atoms with Crippen LogP contribution in [0.2, 0.25) is 0 Å². The van der Waals surface area contributed by atoms with Gasteiger partial charge in [0.15, 0.2) is 5.60 Å². The third-order valence-electron chi connectivity index (χ3n) is 4.95. The van der Waals surface area contributed by atoms with Gasteiger partial charge in [0.2, 0.25) is 10.0 Å². The second kappa shape index (κ2) is 8.71. The van der Waals surface area contributed by atoms with Crippen LogP contribution in [-0.2, 0) is 14.8 Å². The number of benzene rings is 2. The number of halogens is 1. The van der Waals surface area contributed by atoms with E-state index in [0.717, 1.165) is 0 Å². The van der Waals surface area contributed by atoms with Gasteiger partial charge in [-0.1, -0.05) is 0 Å². The number of nitrogens with one attached hydrogen (secondary N) is 1. The van der Waals surface area contributed by atoms with Crippen LogP contribution in [0.4, 0.5) is 10.1 Å². The number of carbonyl (C=O) groups is 1. The summed E-state index contributed by atoms with van der Waals surface area (Å²) in [5.74, 6) is -0.442. The number of sulfonamides is 1. The zero-order valence-corrected chi connectivity index (χ0v) is 18.1.